The van der Waals surface area contributed by atoms with E-state index in [1.807, 2.05) is 20.8 Å². The van der Waals surface area contributed by atoms with E-state index in [1.54, 1.807) is 17.0 Å². The van der Waals surface area contributed by atoms with Gasteiger partial charge in [0.2, 0.25) is 11.8 Å². The second-order valence-electron chi connectivity index (χ2n) is 8.99. The summed E-state index contributed by atoms with van der Waals surface area (Å²) in [6, 6.07) is 4.92. The Hall–Kier alpha value is -3.08. The number of nitrogens with one attached hydrogen (secondary N) is 2. The molecule has 0 saturated carbocycles. The molecule has 1 aromatic rings. The van der Waals surface area contributed by atoms with E-state index in [2.05, 4.69) is 10.6 Å². The smallest absolute Gasteiger partial charge is 0.409 e. The van der Waals surface area contributed by atoms with Gasteiger partial charge in [-0.25, -0.2) is 13.2 Å². The number of amides is 3. The Labute approximate surface area is 200 Å². The third kappa shape index (κ3) is 6.28. The lowest BCUT2D eigenvalue weighted by Crippen LogP contribution is -2.52. The summed E-state index contributed by atoms with van der Waals surface area (Å²) in [6.07, 6.45) is 2.92. The van der Waals surface area contributed by atoms with Gasteiger partial charge in [0.05, 0.1) is 17.9 Å². The largest absolute Gasteiger partial charge is 0.449 e. The van der Waals surface area contributed by atoms with Crippen molar-refractivity contribution in [2.24, 2.45) is 5.92 Å². The van der Waals surface area contributed by atoms with Gasteiger partial charge in [0.25, 0.3) is 10.0 Å². The Balaban J connectivity index is 1.59. The maximum absolute atomic E-state index is 13.1. The average Bonchev–Trinajstić information content (AvgIpc) is 2.79. The first-order chi connectivity index (χ1) is 16.1. The molecular weight excluding hydrogens is 460 g/mol. The predicted octanol–water partition coefficient (Wildman–Crippen LogP) is 1.72. The van der Waals surface area contributed by atoms with Crippen molar-refractivity contribution in [1.29, 1.82) is 0 Å². The third-order valence-electron chi connectivity index (χ3n) is 5.69. The molecule has 1 aromatic carbocycles. The van der Waals surface area contributed by atoms with Crippen molar-refractivity contribution >= 4 is 27.9 Å². The van der Waals surface area contributed by atoms with Crippen LogP contribution >= 0.6 is 0 Å². The summed E-state index contributed by atoms with van der Waals surface area (Å²) in [4.78, 5) is 39.0. The number of carbonyl (C=O) groups is 3. The zero-order valence-corrected chi connectivity index (χ0v) is 20.5. The van der Waals surface area contributed by atoms with E-state index in [-0.39, 0.29) is 29.4 Å². The second-order valence-corrected chi connectivity index (χ2v) is 10.8. The Kier molecular flexibility index (Phi) is 8.19. The van der Waals surface area contributed by atoms with Gasteiger partial charge in [0, 0.05) is 31.5 Å². The highest BCUT2D eigenvalue weighted by Crippen LogP contribution is 2.23. The third-order valence-corrected chi connectivity index (χ3v) is 7.49. The number of hydrogen-bond acceptors (Lipinski definition) is 6. The summed E-state index contributed by atoms with van der Waals surface area (Å²) >= 11 is 0. The van der Waals surface area contributed by atoms with Gasteiger partial charge in [0.15, 0.2) is 0 Å². The van der Waals surface area contributed by atoms with E-state index in [0.717, 1.165) is 9.87 Å². The second kappa shape index (κ2) is 10.9. The molecule has 2 aliphatic heterocycles. The van der Waals surface area contributed by atoms with Gasteiger partial charge >= 0.3 is 6.09 Å². The van der Waals surface area contributed by atoms with Crippen LogP contribution in [0.2, 0.25) is 0 Å². The molecule has 1 atom stereocenters. The van der Waals surface area contributed by atoms with Crippen molar-refractivity contribution in [2.45, 2.75) is 57.0 Å². The molecule has 2 N–H and O–H groups in total. The van der Waals surface area contributed by atoms with Crippen LogP contribution in [0, 0.1) is 12.8 Å². The van der Waals surface area contributed by atoms with Crippen LogP contribution in [-0.2, 0) is 24.3 Å². The summed E-state index contributed by atoms with van der Waals surface area (Å²) in [5.74, 6) is -0.751. The fourth-order valence-corrected chi connectivity index (χ4v) is 5.22. The van der Waals surface area contributed by atoms with Crippen LogP contribution in [0.25, 0.3) is 0 Å². The van der Waals surface area contributed by atoms with Crippen molar-refractivity contribution < 1.29 is 27.5 Å². The highest BCUT2D eigenvalue weighted by Gasteiger charge is 2.37. The molecule has 0 radical (unpaired) electrons. The molecule has 0 unspecified atom stereocenters. The molecular formula is C23H32N4O6S. The van der Waals surface area contributed by atoms with Crippen LogP contribution in [0.3, 0.4) is 0 Å². The minimum atomic E-state index is -4.02. The minimum Gasteiger partial charge on any atom is -0.449 e. The topological polar surface area (TPSA) is 125 Å². The molecule has 3 amide bonds. The molecule has 34 heavy (non-hydrogen) atoms. The lowest BCUT2D eigenvalue weighted by atomic mass is 10.0. The van der Waals surface area contributed by atoms with Gasteiger partial charge in [-0.3, -0.25) is 13.9 Å². The standard InChI is InChI=1S/C23H32N4O6S/c1-16(2)15-33-23(30)26-11-8-18(9-12-26)25-21(28)14-20-22(29)24-10-13-27(20)34(31,32)19-6-4-17(3)5-7-19/h4-7,10,13,16,18,20H,8-9,11-12,14-15H2,1-3H3,(H,24,29)(H,25,28)/t20-/m1/s1. The van der Waals surface area contributed by atoms with Crippen molar-refractivity contribution in [3.63, 3.8) is 0 Å². The normalized spacial score (nSPS) is 19.2. The number of aryl methyl sites for hydroxylation is 1. The number of sulfonamides is 1. The molecule has 0 bridgehead atoms. The number of nitrogens with zero attached hydrogens (tertiary/aromatic N) is 2. The number of likely N-dealkylation sites (tertiary alicyclic amines) is 1. The molecule has 2 heterocycles. The zero-order valence-electron chi connectivity index (χ0n) is 19.7. The van der Waals surface area contributed by atoms with Crippen LogP contribution in [0.15, 0.2) is 41.6 Å². The molecule has 10 nitrogen and oxygen atoms in total. The molecule has 0 aliphatic carbocycles. The fraction of sp³-hybridized carbons (Fsp3) is 0.522. The Morgan fingerprint density at radius 2 is 1.82 bits per heavy atom. The first-order valence-electron chi connectivity index (χ1n) is 11.4. The van der Waals surface area contributed by atoms with E-state index in [4.69, 9.17) is 4.74 Å². The van der Waals surface area contributed by atoms with Gasteiger partial charge in [-0.2, -0.15) is 0 Å². The minimum absolute atomic E-state index is 0.0413. The lowest BCUT2D eigenvalue weighted by molar-refractivity contribution is -0.130. The monoisotopic (exact) mass is 492 g/mol. The van der Waals surface area contributed by atoms with Gasteiger partial charge in [-0.05, 0) is 37.8 Å². The lowest BCUT2D eigenvalue weighted by Gasteiger charge is -2.33. The van der Waals surface area contributed by atoms with Crippen LogP contribution in [0.5, 0.6) is 0 Å². The van der Waals surface area contributed by atoms with Gasteiger partial charge in [-0.15, -0.1) is 0 Å². The number of rotatable bonds is 7. The van der Waals surface area contributed by atoms with Gasteiger partial charge in [-0.1, -0.05) is 31.5 Å². The Morgan fingerprint density at radius 1 is 1.18 bits per heavy atom. The van der Waals surface area contributed by atoms with Crippen LogP contribution < -0.4 is 10.6 Å². The highest BCUT2D eigenvalue weighted by atomic mass is 32.2. The van der Waals surface area contributed by atoms with Crippen molar-refractivity contribution in [1.82, 2.24) is 19.8 Å². The van der Waals surface area contributed by atoms with Gasteiger partial charge in [0.1, 0.15) is 6.04 Å². The molecule has 1 fully saturated rings. The summed E-state index contributed by atoms with van der Waals surface area (Å²) in [5.41, 5.74) is 0.904. The van der Waals surface area contributed by atoms with E-state index in [0.29, 0.717) is 32.5 Å². The molecule has 1 saturated heterocycles. The first kappa shape index (κ1) is 25.5. The first-order valence-corrected chi connectivity index (χ1v) is 12.8. The van der Waals surface area contributed by atoms with E-state index < -0.39 is 27.9 Å². The molecule has 0 aromatic heterocycles. The van der Waals surface area contributed by atoms with Crippen LogP contribution in [-0.4, -0.2) is 67.3 Å². The molecule has 0 spiro atoms. The average molecular weight is 493 g/mol. The van der Waals surface area contributed by atoms with E-state index >= 15 is 0 Å². The quantitative estimate of drug-likeness (QED) is 0.597. The molecule has 11 heteroatoms. The van der Waals surface area contributed by atoms with Crippen LogP contribution in [0.1, 0.15) is 38.7 Å². The molecule has 3 rings (SSSR count). The van der Waals surface area contributed by atoms with Gasteiger partial charge < -0.3 is 20.3 Å². The number of hydrogen-bond donors (Lipinski definition) is 2. The fourth-order valence-electron chi connectivity index (χ4n) is 3.77. The summed E-state index contributed by atoms with van der Waals surface area (Å²) in [5, 5.41) is 5.35. The summed E-state index contributed by atoms with van der Waals surface area (Å²) in [6.45, 7) is 7.02. The van der Waals surface area contributed by atoms with Crippen molar-refractivity contribution in [3.05, 3.63) is 42.2 Å². The van der Waals surface area contributed by atoms with E-state index in [1.165, 1.54) is 24.5 Å². The SMILES string of the molecule is Cc1ccc(S(=O)(=O)N2C=CNC(=O)[C@H]2CC(=O)NC2CCN(C(=O)OCC(C)C)CC2)cc1. The number of ether oxygens (including phenoxy) is 1. The number of benzene rings is 1. The Morgan fingerprint density at radius 3 is 2.44 bits per heavy atom. The maximum atomic E-state index is 13.1. The molecule has 2 aliphatic rings. The summed E-state index contributed by atoms with van der Waals surface area (Å²) < 4.78 is 32.4. The van der Waals surface area contributed by atoms with Crippen molar-refractivity contribution in [2.75, 3.05) is 19.7 Å². The zero-order chi connectivity index (χ0) is 24.9. The van der Waals surface area contributed by atoms with Crippen molar-refractivity contribution in [3.8, 4) is 0 Å². The van der Waals surface area contributed by atoms with Crippen LogP contribution in [0.4, 0.5) is 4.79 Å². The highest BCUT2D eigenvalue weighted by molar-refractivity contribution is 7.89. The number of carbonyl (C=O) groups excluding carboxylic acids is 3. The molecule has 186 valence electrons. The summed E-state index contributed by atoms with van der Waals surface area (Å²) in [7, 11) is -4.02. The maximum Gasteiger partial charge on any atom is 0.409 e. The van der Waals surface area contributed by atoms with E-state index in [9.17, 15) is 22.8 Å². The predicted molar refractivity (Wildman–Crippen MR) is 125 cm³/mol. The Bertz CT molecular complexity index is 1030. The number of piperidine rings is 1.